The van der Waals surface area contributed by atoms with Crippen molar-refractivity contribution in [1.82, 2.24) is 9.21 Å². The maximum atomic E-state index is 13.5. The van der Waals surface area contributed by atoms with Crippen molar-refractivity contribution >= 4 is 44.8 Å². The molecule has 2 saturated heterocycles. The number of sulfonamides is 1. The monoisotopic (exact) mass is 541 g/mol. The van der Waals surface area contributed by atoms with Crippen LogP contribution in [0, 0.1) is 12.7 Å². The highest BCUT2D eigenvalue weighted by molar-refractivity contribution is 7.89. The highest BCUT2D eigenvalue weighted by Gasteiger charge is 2.43. The van der Waals surface area contributed by atoms with Gasteiger partial charge in [0.15, 0.2) is 0 Å². The van der Waals surface area contributed by atoms with Gasteiger partial charge in [-0.05, 0) is 76.4 Å². The molecule has 4 rings (SSSR count). The Morgan fingerprint density at radius 3 is 2.20 bits per heavy atom. The fraction of sp³-hybridized carbons (Fsp3) is 0.480. The summed E-state index contributed by atoms with van der Waals surface area (Å²) in [5, 5.41) is 0.479. The minimum atomic E-state index is -3.77. The number of halogens is 3. The minimum Gasteiger partial charge on any atom is -0.362 e. The Balaban J connectivity index is 1.66. The second kappa shape index (κ2) is 9.21. The van der Waals surface area contributed by atoms with Gasteiger partial charge in [-0.3, -0.25) is 4.79 Å². The number of fused-ring (bicyclic) bond motifs is 2. The van der Waals surface area contributed by atoms with Gasteiger partial charge in [-0.15, -0.1) is 0 Å². The summed E-state index contributed by atoms with van der Waals surface area (Å²) < 4.78 is 41.5. The fourth-order valence-electron chi connectivity index (χ4n) is 4.87. The van der Waals surface area contributed by atoms with Crippen molar-refractivity contribution in [2.75, 3.05) is 25.0 Å². The highest BCUT2D eigenvalue weighted by Crippen LogP contribution is 2.41. The van der Waals surface area contributed by atoms with E-state index in [1.165, 1.54) is 22.5 Å². The smallest absolute Gasteiger partial charge is 0.255 e. The van der Waals surface area contributed by atoms with Gasteiger partial charge in [0.25, 0.3) is 5.91 Å². The molecular weight excluding hydrogens is 512 g/mol. The SMILES string of the molecule is Cc1c(Cl)cc(S(=O)(=O)N(C)C(C)(C)C)cc1N1C2CCC1CN(C(=O)c1ccc(F)cc1Cl)C2. The van der Waals surface area contributed by atoms with Gasteiger partial charge in [-0.25, -0.2) is 12.8 Å². The number of amides is 1. The van der Waals surface area contributed by atoms with Crippen LogP contribution in [-0.2, 0) is 10.0 Å². The van der Waals surface area contributed by atoms with Crippen molar-refractivity contribution in [3.8, 4) is 0 Å². The molecule has 2 bridgehead atoms. The molecule has 35 heavy (non-hydrogen) atoms. The van der Waals surface area contributed by atoms with E-state index in [1.807, 2.05) is 27.7 Å². The van der Waals surface area contributed by atoms with Gasteiger partial charge >= 0.3 is 0 Å². The normalized spacial score (nSPS) is 20.6. The lowest BCUT2D eigenvalue weighted by atomic mass is 10.1. The first-order valence-electron chi connectivity index (χ1n) is 11.5. The molecule has 0 aromatic heterocycles. The van der Waals surface area contributed by atoms with Crippen molar-refractivity contribution < 1.29 is 17.6 Å². The molecule has 2 aliphatic heterocycles. The van der Waals surface area contributed by atoms with Crippen molar-refractivity contribution in [2.24, 2.45) is 0 Å². The molecule has 2 fully saturated rings. The van der Waals surface area contributed by atoms with E-state index in [2.05, 4.69) is 4.90 Å². The summed E-state index contributed by atoms with van der Waals surface area (Å²) in [6.07, 6.45) is 1.73. The minimum absolute atomic E-state index is 0.00462. The number of carbonyl (C=O) groups excluding carboxylic acids is 1. The zero-order valence-electron chi connectivity index (χ0n) is 20.5. The number of rotatable bonds is 4. The summed E-state index contributed by atoms with van der Waals surface area (Å²) in [5.41, 5.74) is 1.27. The van der Waals surface area contributed by atoms with E-state index in [4.69, 9.17) is 23.2 Å². The van der Waals surface area contributed by atoms with Gasteiger partial charge in [0.1, 0.15) is 5.82 Å². The number of piperazine rings is 1. The average Bonchev–Trinajstić information content (AvgIpc) is 3.02. The topological polar surface area (TPSA) is 60.9 Å². The van der Waals surface area contributed by atoms with Crippen molar-refractivity contribution in [3.63, 3.8) is 0 Å². The third-order valence-electron chi connectivity index (χ3n) is 7.10. The van der Waals surface area contributed by atoms with Crippen LogP contribution < -0.4 is 4.90 Å². The van der Waals surface area contributed by atoms with Gasteiger partial charge in [0, 0.05) is 48.5 Å². The van der Waals surface area contributed by atoms with Crippen molar-refractivity contribution in [1.29, 1.82) is 0 Å². The van der Waals surface area contributed by atoms with Crippen LogP contribution in [0.2, 0.25) is 10.0 Å². The van der Waals surface area contributed by atoms with E-state index in [0.717, 1.165) is 30.2 Å². The molecule has 10 heteroatoms. The first-order chi connectivity index (χ1) is 16.2. The van der Waals surface area contributed by atoms with Crippen LogP contribution in [-0.4, -0.2) is 61.3 Å². The summed E-state index contributed by atoms with van der Waals surface area (Å²) in [6.45, 7) is 8.32. The standard InChI is InChI=1S/C25H30Cl2FN3O3S/c1-15-21(26)11-19(35(33,34)29(5)25(2,3)4)12-23(15)31-17-7-8-18(31)14-30(13-17)24(32)20-9-6-16(28)10-22(20)27/h6,9-12,17-18H,7-8,13-14H2,1-5H3. The van der Waals surface area contributed by atoms with Gasteiger partial charge in [0.2, 0.25) is 10.0 Å². The summed E-state index contributed by atoms with van der Waals surface area (Å²) >= 11 is 12.7. The van der Waals surface area contributed by atoms with Crippen LogP contribution in [0.1, 0.15) is 49.5 Å². The molecule has 0 radical (unpaired) electrons. The highest BCUT2D eigenvalue weighted by atomic mass is 35.5. The lowest BCUT2D eigenvalue weighted by Gasteiger charge is -2.43. The van der Waals surface area contributed by atoms with E-state index < -0.39 is 21.4 Å². The van der Waals surface area contributed by atoms with Gasteiger partial charge < -0.3 is 9.80 Å². The molecule has 2 unspecified atom stereocenters. The lowest BCUT2D eigenvalue weighted by Crippen LogP contribution is -2.55. The Morgan fingerprint density at radius 2 is 1.66 bits per heavy atom. The summed E-state index contributed by atoms with van der Waals surface area (Å²) in [7, 11) is -2.20. The third-order valence-corrected chi connectivity index (χ3v) is 9.91. The van der Waals surface area contributed by atoms with E-state index in [9.17, 15) is 17.6 Å². The maximum absolute atomic E-state index is 13.5. The van der Waals surface area contributed by atoms with Crippen molar-refractivity contribution in [3.05, 3.63) is 57.3 Å². The molecule has 0 spiro atoms. The van der Waals surface area contributed by atoms with Crippen LogP contribution in [0.15, 0.2) is 35.2 Å². The van der Waals surface area contributed by atoms with E-state index in [-0.39, 0.29) is 33.5 Å². The molecule has 0 aliphatic carbocycles. The second-order valence-electron chi connectivity index (χ2n) is 10.3. The average molecular weight is 543 g/mol. The van der Waals surface area contributed by atoms with Crippen LogP contribution >= 0.6 is 23.2 Å². The molecule has 2 heterocycles. The molecule has 0 N–H and O–H groups in total. The summed E-state index contributed by atoms with van der Waals surface area (Å²) in [6, 6.07) is 7.02. The Bertz CT molecular complexity index is 1270. The number of benzene rings is 2. The Morgan fingerprint density at radius 1 is 1.06 bits per heavy atom. The molecule has 6 nitrogen and oxygen atoms in total. The predicted molar refractivity (Wildman–Crippen MR) is 137 cm³/mol. The first-order valence-corrected chi connectivity index (χ1v) is 13.7. The number of carbonyl (C=O) groups is 1. The zero-order valence-corrected chi connectivity index (χ0v) is 22.8. The summed E-state index contributed by atoms with van der Waals surface area (Å²) in [5.74, 6) is -0.722. The van der Waals surface area contributed by atoms with E-state index in [1.54, 1.807) is 18.0 Å². The molecular formula is C25H30Cl2FN3O3S. The molecule has 1 amide bonds. The lowest BCUT2D eigenvalue weighted by molar-refractivity contribution is 0.0718. The molecule has 0 saturated carbocycles. The quantitative estimate of drug-likeness (QED) is 0.523. The number of hydrogen-bond acceptors (Lipinski definition) is 4. The van der Waals surface area contributed by atoms with E-state index >= 15 is 0 Å². The third kappa shape index (κ3) is 4.78. The molecule has 2 aliphatic rings. The van der Waals surface area contributed by atoms with Crippen LogP contribution in [0.3, 0.4) is 0 Å². The van der Waals surface area contributed by atoms with Gasteiger partial charge in [0.05, 0.1) is 15.5 Å². The number of anilines is 1. The number of hydrogen-bond donors (Lipinski definition) is 0. The Labute approximate surface area is 216 Å². The molecule has 190 valence electrons. The molecule has 2 atom stereocenters. The van der Waals surface area contributed by atoms with Crippen LogP contribution in [0.25, 0.3) is 0 Å². The summed E-state index contributed by atoms with van der Waals surface area (Å²) in [4.78, 5) is 17.3. The Kier molecular flexibility index (Phi) is 6.90. The van der Waals surface area contributed by atoms with Gasteiger partial charge in [-0.2, -0.15) is 4.31 Å². The number of likely N-dealkylation sites (tertiary alicyclic amines) is 1. The van der Waals surface area contributed by atoms with E-state index in [0.29, 0.717) is 18.1 Å². The van der Waals surface area contributed by atoms with Gasteiger partial charge in [-0.1, -0.05) is 23.2 Å². The van der Waals surface area contributed by atoms with Crippen LogP contribution in [0.5, 0.6) is 0 Å². The zero-order chi connectivity index (χ0) is 25.9. The second-order valence-corrected chi connectivity index (χ2v) is 13.1. The van der Waals surface area contributed by atoms with Crippen LogP contribution in [0.4, 0.5) is 10.1 Å². The largest absolute Gasteiger partial charge is 0.362 e. The predicted octanol–water partition coefficient (Wildman–Crippen LogP) is 5.35. The Hall–Kier alpha value is -1.87. The first kappa shape index (κ1) is 26.2. The fourth-order valence-corrected chi connectivity index (χ4v) is 6.96. The maximum Gasteiger partial charge on any atom is 0.255 e. The van der Waals surface area contributed by atoms with Crippen molar-refractivity contribution in [2.45, 2.75) is 63.1 Å². The molecule has 2 aromatic carbocycles. The molecule has 2 aromatic rings. The number of nitrogens with zero attached hydrogens (tertiary/aromatic N) is 3.